The number of hydrogen-bond donors (Lipinski definition) is 0. The SMILES string of the molecule is CCOC(=O)N1CCc2c(c3ccccc3n2Cc2ccncc2)C1. The Bertz CT molecular complexity index is 902. The molecule has 0 bridgehead atoms. The van der Waals surface area contributed by atoms with Gasteiger partial charge < -0.3 is 14.2 Å². The Morgan fingerprint density at radius 3 is 2.80 bits per heavy atom. The van der Waals surface area contributed by atoms with Gasteiger partial charge in [-0.15, -0.1) is 0 Å². The molecular formula is C20H21N3O2. The number of carbonyl (C=O) groups excluding carboxylic acids is 1. The van der Waals surface area contributed by atoms with E-state index in [1.807, 2.05) is 19.3 Å². The molecule has 0 unspecified atom stereocenters. The van der Waals surface area contributed by atoms with Crippen LogP contribution in [-0.4, -0.2) is 33.7 Å². The molecule has 1 aromatic carbocycles. The maximum absolute atomic E-state index is 12.1. The molecule has 0 saturated heterocycles. The zero-order valence-electron chi connectivity index (χ0n) is 14.3. The number of fused-ring (bicyclic) bond motifs is 3. The number of carbonyl (C=O) groups is 1. The Kier molecular flexibility index (Phi) is 4.14. The number of ether oxygens (including phenoxy) is 1. The van der Waals surface area contributed by atoms with Crippen molar-refractivity contribution in [2.75, 3.05) is 13.2 Å². The van der Waals surface area contributed by atoms with Gasteiger partial charge in [-0.2, -0.15) is 0 Å². The zero-order chi connectivity index (χ0) is 17.2. The number of nitrogens with zero attached hydrogens (tertiary/aromatic N) is 3. The quantitative estimate of drug-likeness (QED) is 0.735. The number of pyridine rings is 1. The van der Waals surface area contributed by atoms with Crippen LogP contribution in [0.1, 0.15) is 23.7 Å². The Balaban J connectivity index is 1.75. The lowest BCUT2D eigenvalue weighted by Gasteiger charge is -2.27. The number of para-hydroxylation sites is 1. The van der Waals surface area contributed by atoms with Crippen molar-refractivity contribution in [3.05, 3.63) is 65.6 Å². The van der Waals surface area contributed by atoms with Crippen LogP contribution in [0.15, 0.2) is 48.8 Å². The lowest BCUT2D eigenvalue weighted by molar-refractivity contribution is 0.102. The monoisotopic (exact) mass is 335 g/mol. The van der Waals surface area contributed by atoms with E-state index in [-0.39, 0.29) is 6.09 Å². The molecule has 3 aromatic rings. The maximum Gasteiger partial charge on any atom is 0.410 e. The second-order valence-corrected chi connectivity index (χ2v) is 6.25. The molecule has 0 saturated carbocycles. The fourth-order valence-electron chi connectivity index (χ4n) is 3.62. The van der Waals surface area contributed by atoms with Gasteiger partial charge in [-0.25, -0.2) is 4.79 Å². The topological polar surface area (TPSA) is 47.4 Å². The highest BCUT2D eigenvalue weighted by Gasteiger charge is 2.27. The van der Waals surface area contributed by atoms with E-state index in [4.69, 9.17) is 4.74 Å². The van der Waals surface area contributed by atoms with E-state index in [1.54, 1.807) is 4.90 Å². The highest BCUT2D eigenvalue weighted by atomic mass is 16.6. The summed E-state index contributed by atoms with van der Waals surface area (Å²) in [6.45, 7) is 4.37. The fourth-order valence-corrected chi connectivity index (χ4v) is 3.62. The summed E-state index contributed by atoms with van der Waals surface area (Å²) in [6, 6.07) is 12.5. The van der Waals surface area contributed by atoms with Crippen molar-refractivity contribution in [3.63, 3.8) is 0 Å². The first-order valence-electron chi connectivity index (χ1n) is 8.67. The van der Waals surface area contributed by atoms with Crippen molar-refractivity contribution in [1.82, 2.24) is 14.5 Å². The molecule has 1 aliphatic heterocycles. The summed E-state index contributed by atoms with van der Waals surface area (Å²) in [5, 5.41) is 1.22. The third-order valence-corrected chi connectivity index (χ3v) is 4.78. The van der Waals surface area contributed by atoms with E-state index in [2.05, 4.69) is 45.9 Å². The van der Waals surface area contributed by atoms with Gasteiger partial charge in [0.25, 0.3) is 0 Å². The molecule has 5 nitrogen and oxygen atoms in total. The minimum Gasteiger partial charge on any atom is -0.450 e. The van der Waals surface area contributed by atoms with Crippen molar-refractivity contribution in [1.29, 1.82) is 0 Å². The van der Waals surface area contributed by atoms with Gasteiger partial charge in [0, 0.05) is 54.1 Å². The van der Waals surface area contributed by atoms with E-state index >= 15 is 0 Å². The molecule has 0 spiro atoms. The van der Waals surface area contributed by atoms with Crippen LogP contribution < -0.4 is 0 Å². The molecule has 2 aromatic heterocycles. The lowest BCUT2D eigenvalue weighted by atomic mass is 10.0. The standard InChI is InChI=1S/C20H21N3O2/c1-2-25-20(24)22-12-9-19-17(14-22)16-5-3-4-6-18(16)23(19)13-15-7-10-21-11-8-15/h3-8,10-11H,2,9,12-14H2,1H3. The molecular weight excluding hydrogens is 314 g/mol. The van der Waals surface area contributed by atoms with Crippen molar-refractivity contribution in [3.8, 4) is 0 Å². The van der Waals surface area contributed by atoms with Gasteiger partial charge in [0.15, 0.2) is 0 Å². The third kappa shape index (κ3) is 2.86. The van der Waals surface area contributed by atoms with Gasteiger partial charge in [0.1, 0.15) is 0 Å². The second kappa shape index (κ2) is 6.59. The van der Waals surface area contributed by atoms with Crippen molar-refractivity contribution >= 4 is 17.0 Å². The molecule has 4 rings (SSSR count). The summed E-state index contributed by atoms with van der Waals surface area (Å²) >= 11 is 0. The normalized spacial score (nSPS) is 13.7. The minimum atomic E-state index is -0.223. The number of benzene rings is 1. The molecule has 0 N–H and O–H groups in total. The van der Waals surface area contributed by atoms with Crippen molar-refractivity contribution in [2.45, 2.75) is 26.4 Å². The largest absolute Gasteiger partial charge is 0.450 e. The van der Waals surface area contributed by atoms with Gasteiger partial charge in [0.05, 0.1) is 13.2 Å². The van der Waals surface area contributed by atoms with Gasteiger partial charge in [-0.1, -0.05) is 18.2 Å². The molecule has 0 fully saturated rings. The van der Waals surface area contributed by atoms with Gasteiger partial charge in [-0.3, -0.25) is 4.98 Å². The van der Waals surface area contributed by atoms with Crippen molar-refractivity contribution in [2.24, 2.45) is 0 Å². The zero-order valence-corrected chi connectivity index (χ0v) is 14.3. The molecule has 128 valence electrons. The Hall–Kier alpha value is -2.82. The molecule has 25 heavy (non-hydrogen) atoms. The smallest absolute Gasteiger partial charge is 0.410 e. The average Bonchev–Trinajstić information content (AvgIpc) is 2.96. The molecule has 0 aliphatic carbocycles. The molecule has 1 aliphatic rings. The Morgan fingerprint density at radius 1 is 1.20 bits per heavy atom. The first-order chi connectivity index (χ1) is 12.3. The highest BCUT2D eigenvalue weighted by Crippen LogP contribution is 2.31. The van der Waals surface area contributed by atoms with Crippen LogP contribution in [0, 0.1) is 0 Å². The summed E-state index contributed by atoms with van der Waals surface area (Å²) in [4.78, 5) is 18.0. The molecule has 1 amide bonds. The van der Waals surface area contributed by atoms with Crippen molar-refractivity contribution < 1.29 is 9.53 Å². The van der Waals surface area contributed by atoms with Crippen LogP contribution in [0.3, 0.4) is 0 Å². The summed E-state index contributed by atoms with van der Waals surface area (Å²) in [5.74, 6) is 0. The van der Waals surface area contributed by atoms with Crippen LogP contribution in [0.5, 0.6) is 0 Å². The molecule has 5 heteroatoms. The lowest BCUT2D eigenvalue weighted by Crippen LogP contribution is -2.36. The molecule has 0 radical (unpaired) electrons. The average molecular weight is 335 g/mol. The first kappa shape index (κ1) is 15.7. The summed E-state index contributed by atoms with van der Waals surface area (Å²) in [5.41, 5.74) is 5.00. The van der Waals surface area contributed by atoms with E-state index in [0.29, 0.717) is 19.7 Å². The van der Waals surface area contributed by atoms with Crippen LogP contribution in [0.2, 0.25) is 0 Å². The van der Waals surface area contributed by atoms with E-state index in [9.17, 15) is 4.79 Å². The van der Waals surface area contributed by atoms with E-state index in [1.165, 1.54) is 27.7 Å². The predicted molar refractivity (Wildman–Crippen MR) is 96.4 cm³/mol. The minimum absolute atomic E-state index is 0.223. The second-order valence-electron chi connectivity index (χ2n) is 6.25. The number of aromatic nitrogens is 2. The summed E-state index contributed by atoms with van der Waals surface area (Å²) in [7, 11) is 0. The van der Waals surface area contributed by atoms with E-state index < -0.39 is 0 Å². The summed E-state index contributed by atoms with van der Waals surface area (Å²) < 4.78 is 7.56. The predicted octanol–water partition coefficient (Wildman–Crippen LogP) is 3.60. The van der Waals surface area contributed by atoms with Crippen LogP contribution in [-0.2, 0) is 24.2 Å². The van der Waals surface area contributed by atoms with Gasteiger partial charge in [0.2, 0.25) is 0 Å². The van der Waals surface area contributed by atoms with Crippen LogP contribution >= 0.6 is 0 Å². The van der Waals surface area contributed by atoms with Gasteiger partial charge in [-0.05, 0) is 30.7 Å². The first-order valence-corrected chi connectivity index (χ1v) is 8.67. The number of hydrogen-bond acceptors (Lipinski definition) is 3. The highest BCUT2D eigenvalue weighted by molar-refractivity contribution is 5.86. The number of amides is 1. The van der Waals surface area contributed by atoms with Crippen LogP contribution in [0.25, 0.3) is 10.9 Å². The van der Waals surface area contributed by atoms with Crippen LogP contribution in [0.4, 0.5) is 4.79 Å². The Morgan fingerprint density at radius 2 is 2.00 bits per heavy atom. The number of rotatable bonds is 3. The van der Waals surface area contributed by atoms with Gasteiger partial charge >= 0.3 is 6.09 Å². The summed E-state index contributed by atoms with van der Waals surface area (Å²) in [6.07, 6.45) is 4.28. The maximum atomic E-state index is 12.1. The van der Waals surface area contributed by atoms with E-state index in [0.717, 1.165) is 13.0 Å². The molecule has 0 atom stereocenters. The molecule has 3 heterocycles. The Labute approximate surface area is 146 Å². The third-order valence-electron chi connectivity index (χ3n) is 4.78. The fraction of sp³-hybridized carbons (Fsp3) is 0.300.